The Hall–Kier alpha value is -4.73. The molecule has 8 rings (SSSR count). The van der Waals surface area contributed by atoms with Crippen molar-refractivity contribution in [3.63, 3.8) is 0 Å². The van der Waals surface area contributed by atoms with Crippen molar-refractivity contribution in [2.45, 2.75) is 12.1 Å². The van der Waals surface area contributed by atoms with Crippen molar-refractivity contribution in [3.8, 4) is 11.1 Å². The maximum Gasteiger partial charge on any atom is 0.485 e. The maximum atomic E-state index is 10.7. The summed E-state index contributed by atoms with van der Waals surface area (Å²) in [4.78, 5) is 0. The van der Waals surface area contributed by atoms with Crippen LogP contribution in [0.25, 0.3) is 43.4 Å². The van der Waals surface area contributed by atoms with Gasteiger partial charge in [0, 0.05) is 33.0 Å². The molecule has 9 heteroatoms. The fraction of sp³-hybridized carbons (Fsp3) is 0.0606. The Morgan fingerprint density at radius 3 is 2.02 bits per heavy atom. The first kappa shape index (κ1) is 26.2. The van der Waals surface area contributed by atoms with Crippen molar-refractivity contribution in [1.29, 1.82) is 0 Å². The summed E-state index contributed by atoms with van der Waals surface area (Å²) in [7, 11) is -6.09. The van der Waals surface area contributed by atoms with Crippen molar-refractivity contribution < 1.29 is 30.6 Å². The van der Waals surface area contributed by atoms with Gasteiger partial charge in [-0.2, -0.15) is 13.2 Å². The van der Waals surface area contributed by atoms with Gasteiger partial charge in [0.05, 0.1) is 5.56 Å². The molecule has 0 spiro atoms. The van der Waals surface area contributed by atoms with Gasteiger partial charge in [0.2, 0.25) is 0 Å². The quantitative estimate of drug-likeness (QED) is 0.115. The third kappa shape index (κ3) is 4.04. The van der Waals surface area contributed by atoms with Crippen molar-refractivity contribution in [2.75, 3.05) is 0 Å². The molecule has 0 radical (unpaired) electrons. The highest BCUT2D eigenvalue weighted by Crippen LogP contribution is 2.38. The molecule has 0 saturated heterocycles. The maximum absolute atomic E-state index is 10.7. The second kappa shape index (κ2) is 9.40. The van der Waals surface area contributed by atoms with E-state index in [-0.39, 0.29) is 0 Å². The van der Waals surface area contributed by atoms with Crippen LogP contribution in [0.5, 0.6) is 0 Å². The zero-order chi connectivity index (χ0) is 29.2. The van der Waals surface area contributed by atoms with Crippen LogP contribution in [-0.2, 0) is 16.7 Å². The van der Waals surface area contributed by atoms with E-state index in [0.29, 0.717) is 6.61 Å². The van der Waals surface area contributed by atoms with Gasteiger partial charge < -0.3 is 8.97 Å². The van der Waals surface area contributed by atoms with E-state index in [1.807, 2.05) is 0 Å². The Morgan fingerprint density at radius 2 is 1.31 bits per heavy atom. The van der Waals surface area contributed by atoms with Gasteiger partial charge in [-0.1, -0.05) is 91.0 Å². The lowest BCUT2D eigenvalue weighted by Crippen LogP contribution is -2.21. The van der Waals surface area contributed by atoms with Crippen LogP contribution >= 0.6 is 0 Å². The highest BCUT2D eigenvalue weighted by atomic mass is 32.2. The van der Waals surface area contributed by atoms with E-state index in [9.17, 15) is 13.2 Å². The Bertz CT molecular complexity index is 2500. The van der Waals surface area contributed by atoms with Crippen LogP contribution in [0.1, 0.15) is 5.56 Å². The van der Waals surface area contributed by atoms with E-state index < -0.39 is 15.6 Å². The van der Waals surface area contributed by atoms with Crippen molar-refractivity contribution in [3.05, 3.63) is 140 Å². The molecule has 5 nitrogen and oxygen atoms in total. The van der Waals surface area contributed by atoms with Crippen molar-refractivity contribution >= 4 is 42.4 Å². The number of hydrogen-bond acceptors (Lipinski definition) is 4. The highest BCUT2D eigenvalue weighted by molar-refractivity contribution is 7.86. The number of alkyl halides is 3. The highest BCUT2D eigenvalue weighted by Gasteiger charge is 2.37. The molecule has 0 unspecified atom stereocenters. The Labute approximate surface area is 235 Å². The molecule has 2 aliphatic heterocycles. The molecule has 2 heterocycles. The molecule has 5 aromatic rings. The third-order valence-corrected chi connectivity index (χ3v) is 8.08. The molecule has 0 amide bonds. The fourth-order valence-corrected chi connectivity index (χ4v) is 5.80. The lowest BCUT2D eigenvalue weighted by molar-refractivity contribution is -0.0517. The first-order valence-electron chi connectivity index (χ1n) is 12.9. The summed E-state index contributed by atoms with van der Waals surface area (Å²) in [5.41, 5.74) is 0.599. The summed E-state index contributed by atoms with van der Waals surface area (Å²) < 4.78 is 72.2. The number of halogens is 3. The molecule has 5 aromatic carbocycles. The van der Waals surface area contributed by atoms with Gasteiger partial charge in [-0.15, -0.1) is 0 Å². The smallest absolute Gasteiger partial charge is 0.485 e. The lowest BCUT2D eigenvalue weighted by Gasteiger charge is -2.10. The summed E-state index contributed by atoms with van der Waals surface area (Å²) in [6.45, 7) is 0.480. The van der Waals surface area contributed by atoms with Crippen LogP contribution < -0.4 is 5.43 Å². The minimum absolute atomic E-state index is 0.480. The van der Waals surface area contributed by atoms with Gasteiger partial charge in [0.1, 0.15) is 10.6 Å². The predicted octanol–water partition coefficient (Wildman–Crippen LogP) is 7.32. The lowest BCUT2D eigenvalue weighted by atomic mass is 9.96. The number of benzene rings is 5. The van der Waals surface area contributed by atoms with Gasteiger partial charge in [-0.3, -0.25) is 0 Å². The van der Waals surface area contributed by atoms with Crippen LogP contribution in [0.2, 0.25) is 0 Å². The Morgan fingerprint density at radius 1 is 0.690 bits per heavy atom. The molecular weight excluding hydrogens is 565 g/mol. The predicted molar refractivity (Wildman–Crippen MR) is 153 cm³/mol. The molecule has 0 aromatic heterocycles. The molecule has 1 aliphatic carbocycles. The van der Waals surface area contributed by atoms with E-state index in [0.717, 1.165) is 37.8 Å². The van der Waals surface area contributed by atoms with E-state index >= 15 is 0 Å². The summed E-state index contributed by atoms with van der Waals surface area (Å²) in [5, 5.41) is 9.44. The summed E-state index contributed by atoms with van der Waals surface area (Å²) >= 11 is 0. The average molecular weight is 585 g/mol. The average Bonchev–Trinajstić information content (AvgIpc) is 3.30. The molecule has 0 atom stereocenters. The largest absolute Gasteiger partial charge is 0.741 e. The van der Waals surface area contributed by atoms with Gasteiger partial charge in [0.15, 0.2) is 15.5 Å². The Kier molecular flexibility index (Phi) is 5.86. The van der Waals surface area contributed by atoms with Crippen LogP contribution in [-0.4, -0.2) is 18.5 Å². The van der Waals surface area contributed by atoms with Crippen LogP contribution in [0, 0.1) is 21.3 Å². The number of hydrogen-bond donors (Lipinski definition) is 0. The molecule has 0 bridgehead atoms. The van der Waals surface area contributed by atoms with Crippen LogP contribution in [0.15, 0.2) is 112 Å². The molecule has 0 fully saturated rings. The first-order valence-corrected chi connectivity index (χ1v) is 14.3. The Balaban J connectivity index is 0.000000320. The third-order valence-electron chi connectivity index (χ3n) is 7.51. The zero-order valence-electron chi connectivity index (χ0n) is 21.6. The minimum atomic E-state index is -6.09. The van der Waals surface area contributed by atoms with Crippen molar-refractivity contribution in [2.24, 2.45) is 0 Å². The monoisotopic (exact) mass is 584 g/mol. The second-order valence-electron chi connectivity index (χ2n) is 9.91. The van der Waals surface area contributed by atoms with E-state index in [1.165, 1.54) is 37.9 Å². The SMILES string of the molecule is O=S(=O)([O-])C(F)(F)F.c1ccc(-c2c3c(oc4c5cccc6cccc(c2=4)c65)=c2c(ccc4ccccc24)=[O+]C3)cc1. The summed E-state index contributed by atoms with van der Waals surface area (Å²) in [6, 6.07) is 36.4. The zero-order valence-corrected chi connectivity index (χ0v) is 22.4. The molecule has 3 aliphatic rings. The van der Waals surface area contributed by atoms with E-state index in [1.54, 1.807) is 0 Å². The van der Waals surface area contributed by atoms with Gasteiger partial charge in [0.25, 0.3) is 6.61 Å². The van der Waals surface area contributed by atoms with Crippen LogP contribution in [0.3, 0.4) is 0 Å². The first-order chi connectivity index (χ1) is 20.1. The number of rotatable bonds is 1. The van der Waals surface area contributed by atoms with Gasteiger partial charge >= 0.3 is 10.9 Å². The summed E-state index contributed by atoms with van der Waals surface area (Å²) in [5.74, 6) is 0. The summed E-state index contributed by atoms with van der Waals surface area (Å²) in [6.07, 6.45) is 0. The molecule has 0 N–H and O–H groups in total. The topological polar surface area (TPSA) is 81.6 Å². The number of fused-ring (bicyclic) bond motifs is 6. The second-order valence-corrected chi connectivity index (χ2v) is 11.3. The van der Waals surface area contributed by atoms with E-state index in [2.05, 4.69) is 103 Å². The van der Waals surface area contributed by atoms with Gasteiger partial charge in [-0.05, 0) is 27.8 Å². The minimum Gasteiger partial charge on any atom is -0.741 e. The molecule has 42 heavy (non-hydrogen) atoms. The normalized spacial score (nSPS) is 13.0. The van der Waals surface area contributed by atoms with Gasteiger partial charge in [-0.25, -0.2) is 12.8 Å². The molecular formula is C33H19F3O5S. The van der Waals surface area contributed by atoms with Crippen molar-refractivity contribution in [1.82, 2.24) is 0 Å². The fourth-order valence-electron chi connectivity index (χ4n) is 5.80. The van der Waals surface area contributed by atoms with Crippen LogP contribution in [0.4, 0.5) is 13.2 Å². The molecule has 208 valence electrons. The van der Waals surface area contributed by atoms with E-state index in [4.69, 9.17) is 21.8 Å². The standard InChI is InChI=1S/C32H19O2.CHF3O3S/c1-2-9-21(10-3-1)28-25-18-33-26-17-16-19-8-4-5-13-22(19)29(26)32(25)34-31-24-15-7-12-20-11-6-14-23(27(20)24)30(28)31;2-1(3,4)8(5,6)7/h1-17H,18H2;(H,5,6,7)/q+1;/p-1. The molecule has 0 saturated carbocycles.